The van der Waals surface area contributed by atoms with E-state index in [9.17, 15) is 22.4 Å². The van der Waals surface area contributed by atoms with Crippen LogP contribution in [0.25, 0.3) is 0 Å². The zero-order valence-corrected chi connectivity index (χ0v) is 17.6. The predicted molar refractivity (Wildman–Crippen MR) is 110 cm³/mol. The van der Waals surface area contributed by atoms with Gasteiger partial charge in [-0.1, -0.05) is 41.9 Å². The highest BCUT2D eigenvalue weighted by Gasteiger charge is 2.30. The van der Waals surface area contributed by atoms with Crippen molar-refractivity contribution in [3.63, 3.8) is 0 Å². The van der Waals surface area contributed by atoms with Gasteiger partial charge >= 0.3 is 0 Å². The van der Waals surface area contributed by atoms with Gasteiger partial charge in [0.1, 0.15) is 5.82 Å². The topological polar surface area (TPSA) is 86.8 Å². The van der Waals surface area contributed by atoms with Crippen LogP contribution in [-0.4, -0.2) is 62.2 Å². The van der Waals surface area contributed by atoms with Crippen molar-refractivity contribution in [2.45, 2.75) is 11.3 Å². The fourth-order valence-electron chi connectivity index (χ4n) is 3.09. The van der Waals surface area contributed by atoms with Crippen LogP contribution >= 0.6 is 11.6 Å². The minimum absolute atomic E-state index is 0.0955. The third kappa shape index (κ3) is 5.35. The van der Waals surface area contributed by atoms with Crippen LogP contribution < -0.4 is 5.32 Å². The lowest BCUT2D eigenvalue weighted by Crippen LogP contribution is -2.52. The molecule has 10 heteroatoms. The van der Waals surface area contributed by atoms with Gasteiger partial charge in [0.15, 0.2) is 0 Å². The summed E-state index contributed by atoms with van der Waals surface area (Å²) in [6.07, 6.45) is 0.181. The largest absolute Gasteiger partial charge is 0.347 e. The molecule has 30 heavy (non-hydrogen) atoms. The predicted octanol–water partition coefficient (Wildman–Crippen LogP) is 1.67. The SMILES string of the molecule is O=C(Cc1ccccc1)NCC(=O)N1CCN(S(=O)(=O)c2ccc(F)c(Cl)c2)CC1. The van der Waals surface area contributed by atoms with E-state index in [0.717, 1.165) is 23.8 Å². The summed E-state index contributed by atoms with van der Waals surface area (Å²) in [4.78, 5) is 25.7. The standard InChI is InChI=1S/C20H21ClFN3O4S/c21-17-13-16(6-7-18(17)22)30(28,29)25-10-8-24(9-11-25)20(27)14-23-19(26)12-15-4-2-1-3-5-15/h1-7,13H,8-12,14H2,(H,23,26). The Morgan fingerprint density at radius 1 is 1.03 bits per heavy atom. The van der Waals surface area contributed by atoms with E-state index in [2.05, 4.69) is 5.32 Å². The first kappa shape index (κ1) is 22.2. The van der Waals surface area contributed by atoms with Crippen LogP contribution in [-0.2, 0) is 26.0 Å². The first-order chi connectivity index (χ1) is 14.3. The van der Waals surface area contributed by atoms with Gasteiger partial charge in [-0.05, 0) is 23.8 Å². The summed E-state index contributed by atoms with van der Waals surface area (Å²) in [5.41, 5.74) is 0.849. The monoisotopic (exact) mass is 453 g/mol. The molecule has 1 N–H and O–H groups in total. The summed E-state index contributed by atoms with van der Waals surface area (Å²) in [5, 5.41) is 2.33. The number of hydrogen-bond acceptors (Lipinski definition) is 4. The molecule has 7 nitrogen and oxygen atoms in total. The maximum Gasteiger partial charge on any atom is 0.243 e. The van der Waals surface area contributed by atoms with Crippen molar-refractivity contribution < 1.29 is 22.4 Å². The molecule has 0 saturated carbocycles. The number of piperazine rings is 1. The third-order valence-electron chi connectivity index (χ3n) is 4.76. The van der Waals surface area contributed by atoms with E-state index in [4.69, 9.17) is 11.6 Å². The average Bonchev–Trinajstić information content (AvgIpc) is 2.74. The van der Waals surface area contributed by atoms with E-state index in [1.54, 1.807) is 0 Å². The number of carbonyl (C=O) groups excluding carboxylic acids is 2. The zero-order valence-electron chi connectivity index (χ0n) is 16.1. The van der Waals surface area contributed by atoms with Crippen LogP contribution in [0.2, 0.25) is 5.02 Å². The number of nitrogens with one attached hydrogen (secondary N) is 1. The number of hydrogen-bond donors (Lipinski definition) is 1. The van der Waals surface area contributed by atoms with Crippen LogP contribution in [0, 0.1) is 5.82 Å². The van der Waals surface area contributed by atoms with Crippen molar-refractivity contribution in [3.8, 4) is 0 Å². The normalized spacial score (nSPS) is 15.1. The molecule has 1 aliphatic heterocycles. The van der Waals surface area contributed by atoms with Crippen molar-refractivity contribution in [3.05, 3.63) is 64.9 Å². The van der Waals surface area contributed by atoms with Gasteiger partial charge in [-0.15, -0.1) is 0 Å². The van der Waals surface area contributed by atoms with Crippen LogP contribution in [0.15, 0.2) is 53.4 Å². The molecule has 160 valence electrons. The summed E-state index contributed by atoms with van der Waals surface area (Å²) < 4.78 is 39.9. The molecule has 1 saturated heterocycles. The molecule has 2 aromatic rings. The Hall–Kier alpha value is -2.49. The average molecular weight is 454 g/mol. The Labute approximate surface area is 179 Å². The Kier molecular flexibility index (Phi) is 7.06. The van der Waals surface area contributed by atoms with E-state index in [1.165, 1.54) is 9.21 Å². The van der Waals surface area contributed by atoms with Crippen molar-refractivity contribution in [2.24, 2.45) is 0 Å². The summed E-state index contributed by atoms with van der Waals surface area (Å²) in [6.45, 7) is 0.442. The van der Waals surface area contributed by atoms with E-state index >= 15 is 0 Å². The highest BCUT2D eigenvalue weighted by atomic mass is 35.5. The minimum Gasteiger partial charge on any atom is -0.347 e. The van der Waals surface area contributed by atoms with E-state index in [-0.39, 0.29) is 60.9 Å². The molecule has 1 heterocycles. The molecule has 2 aromatic carbocycles. The lowest BCUT2D eigenvalue weighted by atomic mass is 10.1. The van der Waals surface area contributed by atoms with Gasteiger partial charge in [-0.2, -0.15) is 4.31 Å². The highest BCUT2D eigenvalue weighted by Crippen LogP contribution is 2.23. The summed E-state index contributed by atoms with van der Waals surface area (Å²) in [5.74, 6) is -1.23. The Morgan fingerprint density at radius 2 is 1.70 bits per heavy atom. The molecular weight excluding hydrogens is 433 g/mol. The lowest BCUT2D eigenvalue weighted by Gasteiger charge is -2.34. The second kappa shape index (κ2) is 9.55. The van der Waals surface area contributed by atoms with Gasteiger partial charge in [-0.25, -0.2) is 12.8 Å². The molecule has 3 rings (SSSR count). The molecule has 0 radical (unpaired) electrons. The smallest absolute Gasteiger partial charge is 0.243 e. The molecule has 0 aromatic heterocycles. The van der Waals surface area contributed by atoms with Gasteiger partial charge in [0.2, 0.25) is 21.8 Å². The second-order valence-electron chi connectivity index (χ2n) is 6.80. The van der Waals surface area contributed by atoms with E-state index < -0.39 is 15.8 Å². The second-order valence-corrected chi connectivity index (χ2v) is 9.15. The highest BCUT2D eigenvalue weighted by molar-refractivity contribution is 7.89. The summed E-state index contributed by atoms with van der Waals surface area (Å²) in [7, 11) is -3.84. The van der Waals surface area contributed by atoms with Gasteiger partial charge in [0.05, 0.1) is 22.9 Å². The number of benzene rings is 2. The van der Waals surface area contributed by atoms with Gasteiger partial charge < -0.3 is 10.2 Å². The molecule has 2 amide bonds. The Balaban J connectivity index is 1.50. The molecule has 0 aliphatic carbocycles. The minimum atomic E-state index is -3.84. The number of carbonyl (C=O) groups is 2. The fourth-order valence-corrected chi connectivity index (χ4v) is 4.79. The molecule has 0 bridgehead atoms. The summed E-state index contributed by atoms with van der Waals surface area (Å²) >= 11 is 5.69. The molecule has 0 atom stereocenters. The number of sulfonamides is 1. The van der Waals surface area contributed by atoms with Crippen molar-refractivity contribution in [2.75, 3.05) is 32.7 Å². The maximum absolute atomic E-state index is 13.3. The third-order valence-corrected chi connectivity index (χ3v) is 6.95. The molecule has 1 aliphatic rings. The Bertz CT molecular complexity index is 1030. The van der Waals surface area contributed by atoms with Gasteiger partial charge in [0, 0.05) is 26.2 Å². The zero-order chi connectivity index (χ0) is 21.7. The molecular formula is C20H21ClFN3O4S. The van der Waals surface area contributed by atoms with Gasteiger partial charge in [0.25, 0.3) is 0 Å². The van der Waals surface area contributed by atoms with Crippen LogP contribution in [0.4, 0.5) is 4.39 Å². The Morgan fingerprint density at radius 3 is 2.33 bits per heavy atom. The number of rotatable bonds is 6. The maximum atomic E-state index is 13.3. The van der Waals surface area contributed by atoms with E-state index in [0.29, 0.717) is 0 Å². The summed E-state index contributed by atoms with van der Waals surface area (Å²) in [6, 6.07) is 12.4. The number of nitrogens with zero attached hydrogens (tertiary/aromatic N) is 2. The number of amides is 2. The molecule has 0 spiro atoms. The lowest BCUT2D eigenvalue weighted by molar-refractivity contribution is -0.133. The molecule has 1 fully saturated rings. The van der Waals surface area contributed by atoms with Crippen molar-refractivity contribution >= 4 is 33.4 Å². The fraction of sp³-hybridized carbons (Fsp3) is 0.300. The first-order valence-corrected chi connectivity index (χ1v) is 11.1. The first-order valence-electron chi connectivity index (χ1n) is 9.31. The van der Waals surface area contributed by atoms with Crippen molar-refractivity contribution in [1.82, 2.24) is 14.5 Å². The quantitative estimate of drug-likeness (QED) is 0.720. The molecule has 0 unspecified atom stereocenters. The van der Waals surface area contributed by atoms with Crippen molar-refractivity contribution in [1.29, 1.82) is 0 Å². The van der Waals surface area contributed by atoms with Gasteiger partial charge in [-0.3, -0.25) is 9.59 Å². The van der Waals surface area contributed by atoms with Crippen LogP contribution in [0.1, 0.15) is 5.56 Å². The van der Waals surface area contributed by atoms with Crippen LogP contribution in [0.3, 0.4) is 0 Å². The van der Waals surface area contributed by atoms with Crippen LogP contribution in [0.5, 0.6) is 0 Å². The van der Waals surface area contributed by atoms with E-state index in [1.807, 2.05) is 30.3 Å². The number of halogens is 2.